The van der Waals surface area contributed by atoms with Gasteiger partial charge in [0.15, 0.2) is 0 Å². The smallest absolute Gasteiger partial charge is 0.319 e. The second kappa shape index (κ2) is 7.17. The summed E-state index contributed by atoms with van der Waals surface area (Å²) in [6.07, 6.45) is 0. The molecule has 0 bridgehead atoms. The van der Waals surface area contributed by atoms with Crippen molar-refractivity contribution < 1.29 is 14.3 Å². The van der Waals surface area contributed by atoms with E-state index in [0.717, 1.165) is 5.69 Å². The lowest BCUT2D eigenvalue weighted by Gasteiger charge is -2.29. The molecule has 0 fully saturated rings. The molecule has 0 atom stereocenters. The first-order chi connectivity index (χ1) is 11.9. The van der Waals surface area contributed by atoms with Gasteiger partial charge in [-0.05, 0) is 52.7 Å². The number of amides is 3. The summed E-state index contributed by atoms with van der Waals surface area (Å²) in [6.45, 7) is 14.6. The van der Waals surface area contributed by atoms with E-state index in [1.807, 2.05) is 40.7 Å². The van der Waals surface area contributed by atoms with Crippen LogP contribution < -0.4 is 20.3 Å². The number of ether oxygens (including phenoxy) is 1. The van der Waals surface area contributed by atoms with E-state index in [-0.39, 0.29) is 17.5 Å². The number of benzene rings is 1. The van der Waals surface area contributed by atoms with Crippen molar-refractivity contribution in [1.82, 2.24) is 5.32 Å². The van der Waals surface area contributed by atoms with Crippen LogP contribution in [-0.2, 0) is 4.79 Å². The van der Waals surface area contributed by atoms with E-state index in [1.165, 1.54) is 0 Å². The Labute approximate surface area is 156 Å². The molecule has 0 radical (unpaired) electrons. The number of carbonyl (C=O) groups excluding carboxylic acids is 2. The summed E-state index contributed by atoms with van der Waals surface area (Å²) in [5.74, 6) is 0.991. The van der Waals surface area contributed by atoms with Crippen LogP contribution in [0.3, 0.4) is 0 Å². The van der Waals surface area contributed by atoms with E-state index in [1.54, 1.807) is 17.0 Å². The molecule has 0 saturated heterocycles. The van der Waals surface area contributed by atoms with Gasteiger partial charge >= 0.3 is 6.03 Å². The summed E-state index contributed by atoms with van der Waals surface area (Å²) in [5, 5.41) is 5.68. The maximum atomic E-state index is 13.0. The number of nitrogens with one attached hydrogen (secondary N) is 2. The molecule has 26 heavy (non-hydrogen) atoms. The Morgan fingerprint density at radius 1 is 1.31 bits per heavy atom. The van der Waals surface area contributed by atoms with Gasteiger partial charge in [0.2, 0.25) is 5.91 Å². The van der Waals surface area contributed by atoms with E-state index >= 15 is 0 Å². The fourth-order valence-corrected chi connectivity index (χ4v) is 2.77. The van der Waals surface area contributed by atoms with Crippen LogP contribution in [0.4, 0.5) is 16.2 Å². The van der Waals surface area contributed by atoms with Gasteiger partial charge in [-0.1, -0.05) is 13.8 Å². The normalized spacial score (nSPS) is 16.6. The van der Waals surface area contributed by atoms with Gasteiger partial charge in [0.05, 0.1) is 11.1 Å². The van der Waals surface area contributed by atoms with Gasteiger partial charge in [0, 0.05) is 23.8 Å². The second-order valence-electron chi connectivity index (χ2n) is 8.99. The summed E-state index contributed by atoms with van der Waals surface area (Å²) in [5.41, 5.74) is 0.445. The van der Waals surface area contributed by atoms with Crippen LogP contribution >= 0.6 is 0 Å². The monoisotopic (exact) mass is 361 g/mol. The molecule has 1 aliphatic rings. The van der Waals surface area contributed by atoms with Crippen LogP contribution in [0, 0.1) is 11.3 Å². The molecule has 2 N–H and O–H groups in total. The molecular weight excluding hydrogens is 330 g/mol. The Hall–Kier alpha value is -2.24. The topological polar surface area (TPSA) is 70.7 Å². The number of rotatable bonds is 3. The van der Waals surface area contributed by atoms with E-state index in [4.69, 9.17) is 4.74 Å². The van der Waals surface area contributed by atoms with Crippen LogP contribution in [0.5, 0.6) is 5.75 Å². The zero-order chi connectivity index (χ0) is 19.7. The lowest BCUT2D eigenvalue weighted by atomic mass is 9.92. The van der Waals surface area contributed by atoms with E-state index in [9.17, 15) is 9.59 Å². The first-order valence-electron chi connectivity index (χ1n) is 9.07. The van der Waals surface area contributed by atoms with Gasteiger partial charge in [0.1, 0.15) is 12.4 Å². The standard InChI is InChI=1S/C20H31N3O3/c1-13(2)11-23-15-9-8-14(21-18(25)22-19(3,4)5)10-16(15)26-12-20(6,7)17(23)24/h8-10,13H,11-12H2,1-7H3,(H2,21,22,25). The van der Waals surface area contributed by atoms with E-state index in [0.29, 0.717) is 30.5 Å². The number of hydrogen-bond acceptors (Lipinski definition) is 3. The average Bonchev–Trinajstić information content (AvgIpc) is 2.55. The van der Waals surface area contributed by atoms with Crippen molar-refractivity contribution in [2.75, 3.05) is 23.4 Å². The quantitative estimate of drug-likeness (QED) is 0.854. The highest BCUT2D eigenvalue weighted by Crippen LogP contribution is 2.38. The molecule has 1 aliphatic heterocycles. The third-order valence-corrected chi connectivity index (χ3v) is 3.96. The summed E-state index contributed by atoms with van der Waals surface area (Å²) >= 11 is 0. The van der Waals surface area contributed by atoms with Crippen molar-refractivity contribution in [2.24, 2.45) is 11.3 Å². The number of carbonyl (C=O) groups is 2. The Bertz CT molecular complexity index is 690. The van der Waals surface area contributed by atoms with E-state index < -0.39 is 5.41 Å². The zero-order valence-corrected chi connectivity index (χ0v) is 16.9. The van der Waals surface area contributed by atoms with Crippen molar-refractivity contribution in [1.29, 1.82) is 0 Å². The number of urea groups is 1. The molecule has 144 valence electrons. The molecule has 2 rings (SSSR count). The third kappa shape index (κ3) is 4.90. The Balaban J connectivity index is 2.31. The van der Waals surface area contributed by atoms with Crippen molar-refractivity contribution >= 4 is 23.3 Å². The number of hydrogen-bond donors (Lipinski definition) is 2. The highest BCUT2D eigenvalue weighted by Gasteiger charge is 2.38. The highest BCUT2D eigenvalue weighted by molar-refractivity contribution is 6.00. The molecule has 0 unspecified atom stereocenters. The van der Waals surface area contributed by atoms with Gasteiger partial charge in [-0.25, -0.2) is 4.79 Å². The van der Waals surface area contributed by atoms with Crippen LogP contribution in [0.2, 0.25) is 0 Å². The minimum atomic E-state index is -0.606. The van der Waals surface area contributed by atoms with Crippen LogP contribution in [0.25, 0.3) is 0 Å². The van der Waals surface area contributed by atoms with Crippen LogP contribution in [-0.4, -0.2) is 30.6 Å². The predicted molar refractivity (Wildman–Crippen MR) is 105 cm³/mol. The van der Waals surface area contributed by atoms with Crippen molar-refractivity contribution in [2.45, 2.75) is 54.0 Å². The third-order valence-electron chi connectivity index (χ3n) is 3.96. The van der Waals surface area contributed by atoms with Gasteiger partial charge in [0.25, 0.3) is 0 Å². The number of fused-ring (bicyclic) bond motifs is 1. The molecule has 1 aromatic rings. The second-order valence-corrected chi connectivity index (χ2v) is 8.99. The van der Waals surface area contributed by atoms with Gasteiger partial charge in [-0.2, -0.15) is 0 Å². The molecule has 1 heterocycles. The Morgan fingerprint density at radius 3 is 2.54 bits per heavy atom. The summed E-state index contributed by atoms with van der Waals surface area (Å²) in [7, 11) is 0. The highest BCUT2D eigenvalue weighted by atomic mass is 16.5. The largest absolute Gasteiger partial charge is 0.490 e. The summed E-state index contributed by atoms with van der Waals surface area (Å²) in [6, 6.07) is 5.13. The molecule has 0 spiro atoms. The summed E-state index contributed by atoms with van der Waals surface area (Å²) in [4.78, 5) is 26.8. The first-order valence-corrected chi connectivity index (χ1v) is 9.07. The zero-order valence-electron chi connectivity index (χ0n) is 16.9. The van der Waals surface area contributed by atoms with Gasteiger partial charge in [-0.3, -0.25) is 4.79 Å². The predicted octanol–water partition coefficient (Wildman–Crippen LogP) is 4.01. The van der Waals surface area contributed by atoms with Gasteiger partial charge in [-0.15, -0.1) is 0 Å². The lowest BCUT2D eigenvalue weighted by Crippen LogP contribution is -2.43. The lowest BCUT2D eigenvalue weighted by molar-refractivity contribution is -0.127. The Morgan fingerprint density at radius 2 is 1.96 bits per heavy atom. The van der Waals surface area contributed by atoms with Crippen molar-refractivity contribution in [3.63, 3.8) is 0 Å². The van der Waals surface area contributed by atoms with Gasteiger partial charge < -0.3 is 20.3 Å². The first kappa shape index (κ1) is 20.1. The van der Waals surface area contributed by atoms with Crippen molar-refractivity contribution in [3.8, 4) is 5.75 Å². The van der Waals surface area contributed by atoms with E-state index in [2.05, 4.69) is 24.5 Å². The molecule has 0 aliphatic carbocycles. The summed E-state index contributed by atoms with van der Waals surface area (Å²) < 4.78 is 5.93. The molecular formula is C20H31N3O3. The molecule has 6 nitrogen and oxygen atoms in total. The maximum absolute atomic E-state index is 13.0. The molecule has 3 amide bonds. The maximum Gasteiger partial charge on any atom is 0.319 e. The number of nitrogens with zero attached hydrogens (tertiary/aromatic N) is 1. The Kier molecular flexibility index (Phi) is 5.54. The molecule has 0 saturated carbocycles. The van der Waals surface area contributed by atoms with Crippen molar-refractivity contribution in [3.05, 3.63) is 18.2 Å². The minimum absolute atomic E-state index is 0.0520. The fourth-order valence-electron chi connectivity index (χ4n) is 2.77. The molecule has 1 aromatic carbocycles. The number of anilines is 2. The molecule has 0 aromatic heterocycles. The average molecular weight is 361 g/mol. The van der Waals surface area contributed by atoms with Crippen LogP contribution in [0.1, 0.15) is 48.5 Å². The fraction of sp³-hybridized carbons (Fsp3) is 0.600. The van der Waals surface area contributed by atoms with Crippen LogP contribution in [0.15, 0.2) is 18.2 Å². The SMILES string of the molecule is CC(C)CN1C(=O)C(C)(C)COc2cc(NC(=O)NC(C)(C)C)ccc21. The minimum Gasteiger partial charge on any atom is -0.490 e. The molecule has 6 heteroatoms.